The van der Waals surface area contributed by atoms with Crippen molar-refractivity contribution in [2.45, 2.75) is 25.8 Å². The zero-order valence-electron chi connectivity index (χ0n) is 10.1. The van der Waals surface area contributed by atoms with Crippen LogP contribution in [0.2, 0.25) is 0 Å². The minimum atomic E-state index is 0.443. The van der Waals surface area contributed by atoms with E-state index in [2.05, 4.69) is 27.7 Å². The van der Waals surface area contributed by atoms with Crippen LogP contribution in [0.5, 0.6) is 0 Å². The minimum absolute atomic E-state index is 0.443. The number of hydrogen-bond donors (Lipinski definition) is 1. The molecule has 0 unspecified atom stereocenters. The first-order valence-corrected chi connectivity index (χ1v) is 5.99. The lowest BCUT2D eigenvalue weighted by Gasteiger charge is -2.14. The van der Waals surface area contributed by atoms with E-state index in [4.69, 9.17) is 5.73 Å². The number of imidazole rings is 1. The van der Waals surface area contributed by atoms with Crippen LogP contribution in [0.1, 0.15) is 25.8 Å². The van der Waals surface area contributed by atoms with E-state index in [1.54, 1.807) is 6.20 Å². The summed E-state index contributed by atoms with van der Waals surface area (Å²) in [7, 11) is 0. The highest BCUT2D eigenvalue weighted by Gasteiger charge is 2.09. The van der Waals surface area contributed by atoms with Gasteiger partial charge in [0.15, 0.2) is 0 Å². The van der Waals surface area contributed by atoms with Gasteiger partial charge in [-0.05, 0) is 31.5 Å². The molecule has 90 valence electrons. The largest absolute Gasteiger partial charge is 0.334 e. The molecule has 0 aliphatic heterocycles. The molecule has 0 aromatic carbocycles. The molecule has 0 bridgehead atoms. The van der Waals surface area contributed by atoms with Gasteiger partial charge >= 0.3 is 0 Å². The third kappa shape index (κ3) is 2.71. The highest BCUT2D eigenvalue weighted by molar-refractivity contribution is 5.56. The first-order chi connectivity index (χ1) is 8.35. The second kappa shape index (κ2) is 5.59. The molecule has 2 N–H and O–H groups in total. The highest BCUT2D eigenvalue weighted by atomic mass is 15.1. The molecule has 0 aliphatic carbocycles. The first kappa shape index (κ1) is 11.8. The molecule has 2 heterocycles. The van der Waals surface area contributed by atoms with Crippen LogP contribution in [0.25, 0.3) is 11.3 Å². The van der Waals surface area contributed by atoms with Gasteiger partial charge in [0.05, 0.1) is 12.0 Å². The molecular formula is C13H18N4. The van der Waals surface area contributed by atoms with E-state index in [1.165, 1.54) is 0 Å². The fraction of sp³-hybridized carbons (Fsp3) is 0.385. The van der Waals surface area contributed by atoms with Crippen molar-refractivity contribution in [2.24, 2.45) is 5.73 Å². The van der Waals surface area contributed by atoms with E-state index < -0.39 is 0 Å². The van der Waals surface area contributed by atoms with Gasteiger partial charge in [-0.2, -0.15) is 0 Å². The molecule has 4 nitrogen and oxygen atoms in total. The Morgan fingerprint density at radius 2 is 2.35 bits per heavy atom. The molecule has 17 heavy (non-hydrogen) atoms. The summed E-state index contributed by atoms with van der Waals surface area (Å²) in [5.41, 5.74) is 7.63. The Morgan fingerprint density at radius 3 is 3.00 bits per heavy atom. The Bertz CT molecular complexity index is 449. The van der Waals surface area contributed by atoms with E-state index in [0.717, 1.165) is 24.1 Å². The lowest BCUT2D eigenvalue weighted by atomic mass is 10.1. The molecule has 2 aromatic heterocycles. The van der Waals surface area contributed by atoms with Crippen LogP contribution in [0.3, 0.4) is 0 Å². The van der Waals surface area contributed by atoms with Crippen LogP contribution < -0.4 is 5.73 Å². The number of pyridine rings is 1. The summed E-state index contributed by atoms with van der Waals surface area (Å²) in [5, 5.41) is 0. The number of nitrogens with zero attached hydrogens (tertiary/aromatic N) is 3. The monoisotopic (exact) mass is 230 g/mol. The lowest BCUT2D eigenvalue weighted by Crippen LogP contribution is -2.11. The standard InChI is InChI=1S/C13H18N4/c1-2-12(5-6-14)17-9-13(16-10-17)11-4-3-7-15-8-11/h3-4,7-10,12H,2,5-6,14H2,1H3/t12-/m0/s1. The fourth-order valence-electron chi connectivity index (χ4n) is 1.96. The van der Waals surface area contributed by atoms with Crippen molar-refractivity contribution in [3.8, 4) is 11.3 Å². The fourth-order valence-corrected chi connectivity index (χ4v) is 1.96. The smallest absolute Gasteiger partial charge is 0.0956 e. The summed E-state index contributed by atoms with van der Waals surface area (Å²) in [6.07, 6.45) is 9.60. The topological polar surface area (TPSA) is 56.7 Å². The van der Waals surface area contributed by atoms with Crippen molar-refractivity contribution in [1.29, 1.82) is 0 Å². The van der Waals surface area contributed by atoms with Crippen molar-refractivity contribution in [3.63, 3.8) is 0 Å². The summed E-state index contributed by atoms with van der Waals surface area (Å²) >= 11 is 0. The van der Waals surface area contributed by atoms with E-state index in [1.807, 2.05) is 24.7 Å². The Morgan fingerprint density at radius 1 is 1.47 bits per heavy atom. The van der Waals surface area contributed by atoms with E-state index >= 15 is 0 Å². The predicted octanol–water partition coefficient (Wildman–Crippen LogP) is 2.25. The third-order valence-corrected chi connectivity index (χ3v) is 2.95. The zero-order valence-corrected chi connectivity index (χ0v) is 10.1. The van der Waals surface area contributed by atoms with Crippen molar-refractivity contribution in [1.82, 2.24) is 14.5 Å². The summed E-state index contributed by atoms with van der Waals surface area (Å²) in [4.78, 5) is 8.52. The molecule has 0 fully saturated rings. The van der Waals surface area contributed by atoms with Crippen LogP contribution in [0.4, 0.5) is 0 Å². The van der Waals surface area contributed by atoms with E-state index in [-0.39, 0.29) is 0 Å². The molecule has 4 heteroatoms. The average molecular weight is 230 g/mol. The van der Waals surface area contributed by atoms with Gasteiger partial charge in [-0.3, -0.25) is 4.98 Å². The molecule has 0 spiro atoms. The molecule has 2 rings (SSSR count). The van der Waals surface area contributed by atoms with E-state index in [9.17, 15) is 0 Å². The van der Waals surface area contributed by atoms with Crippen LogP contribution >= 0.6 is 0 Å². The van der Waals surface area contributed by atoms with Crippen LogP contribution in [-0.4, -0.2) is 21.1 Å². The van der Waals surface area contributed by atoms with Crippen LogP contribution in [-0.2, 0) is 0 Å². The molecular weight excluding hydrogens is 212 g/mol. The second-order valence-electron chi connectivity index (χ2n) is 4.09. The maximum absolute atomic E-state index is 5.62. The quantitative estimate of drug-likeness (QED) is 0.857. The normalized spacial score (nSPS) is 12.6. The van der Waals surface area contributed by atoms with Gasteiger partial charge in [0.25, 0.3) is 0 Å². The Balaban J connectivity index is 2.21. The van der Waals surface area contributed by atoms with Crippen molar-refractivity contribution in [2.75, 3.05) is 6.54 Å². The van der Waals surface area contributed by atoms with Gasteiger partial charge in [0.1, 0.15) is 0 Å². The first-order valence-electron chi connectivity index (χ1n) is 5.99. The summed E-state index contributed by atoms with van der Waals surface area (Å²) in [6, 6.07) is 4.38. The van der Waals surface area contributed by atoms with Gasteiger partial charge < -0.3 is 10.3 Å². The number of hydrogen-bond acceptors (Lipinski definition) is 3. The zero-order chi connectivity index (χ0) is 12.1. The Labute approximate surface area is 102 Å². The highest BCUT2D eigenvalue weighted by Crippen LogP contribution is 2.20. The SMILES string of the molecule is CC[C@@H](CCN)n1cnc(-c2cccnc2)c1. The summed E-state index contributed by atoms with van der Waals surface area (Å²) in [5.74, 6) is 0. The van der Waals surface area contributed by atoms with E-state index in [0.29, 0.717) is 12.6 Å². The minimum Gasteiger partial charge on any atom is -0.334 e. The molecule has 0 radical (unpaired) electrons. The predicted molar refractivity (Wildman–Crippen MR) is 68.5 cm³/mol. The second-order valence-corrected chi connectivity index (χ2v) is 4.09. The van der Waals surface area contributed by atoms with Crippen LogP contribution in [0, 0.1) is 0 Å². The van der Waals surface area contributed by atoms with Crippen molar-refractivity contribution in [3.05, 3.63) is 37.1 Å². The number of aromatic nitrogens is 3. The molecule has 1 atom stereocenters. The summed E-state index contributed by atoms with van der Waals surface area (Å²) < 4.78 is 2.15. The van der Waals surface area contributed by atoms with Gasteiger partial charge in [-0.25, -0.2) is 4.98 Å². The molecule has 2 aromatic rings. The molecule has 0 aliphatic rings. The van der Waals surface area contributed by atoms with Gasteiger partial charge in [-0.15, -0.1) is 0 Å². The molecule has 0 amide bonds. The maximum Gasteiger partial charge on any atom is 0.0956 e. The summed E-state index contributed by atoms with van der Waals surface area (Å²) in [6.45, 7) is 2.88. The Kier molecular flexibility index (Phi) is 3.88. The van der Waals surface area contributed by atoms with Gasteiger partial charge in [-0.1, -0.05) is 6.92 Å². The number of rotatable bonds is 5. The number of nitrogens with two attached hydrogens (primary N) is 1. The Hall–Kier alpha value is -1.68. The van der Waals surface area contributed by atoms with Gasteiger partial charge in [0, 0.05) is 30.2 Å². The third-order valence-electron chi connectivity index (χ3n) is 2.95. The maximum atomic E-state index is 5.62. The van der Waals surface area contributed by atoms with Crippen molar-refractivity contribution >= 4 is 0 Å². The lowest BCUT2D eigenvalue weighted by molar-refractivity contribution is 0.458. The van der Waals surface area contributed by atoms with Crippen LogP contribution in [0.15, 0.2) is 37.1 Å². The van der Waals surface area contributed by atoms with Gasteiger partial charge in [0.2, 0.25) is 0 Å². The average Bonchev–Trinajstić information content (AvgIpc) is 2.86. The van der Waals surface area contributed by atoms with Crippen molar-refractivity contribution < 1.29 is 0 Å². The molecule has 0 saturated carbocycles. The molecule has 0 saturated heterocycles.